The number of carbonyl (C=O) groups is 1. The van der Waals surface area contributed by atoms with Crippen molar-refractivity contribution in [2.75, 3.05) is 15.7 Å². The number of nitrogens with zero attached hydrogens (tertiary/aromatic N) is 2. The molecule has 0 radical (unpaired) electrons. The van der Waals surface area contributed by atoms with Crippen LogP contribution in [0, 0.1) is 0 Å². The minimum absolute atomic E-state index is 0.131. The van der Waals surface area contributed by atoms with E-state index < -0.39 is 21.8 Å². The van der Waals surface area contributed by atoms with Gasteiger partial charge in [-0.1, -0.05) is 60.7 Å². The van der Waals surface area contributed by atoms with Crippen LogP contribution in [-0.2, 0) is 29.2 Å². The Labute approximate surface area is 218 Å². The zero-order chi connectivity index (χ0) is 26.9. The average Bonchev–Trinajstić information content (AvgIpc) is 3.36. The van der Waals surface area contributed by atoms with Crippen LogP contribution in [0.15, 0.2) is 108 Å². The van der Waals surface area contributed by atoms with Crippen LogP contribution < -0.4 is 9.21 Å². The van der Waals surface area contributed by atoms with Gasteiger partial charge in [-0.15, -0.1) is 0 Å². The van der Waals surface area contributed by atoms with Crippen LogP contribution in [0.1, 0.15) is 27.0 Å². The van der Waals surface area contributed by atoms with Gasteiger partial charge in [0.1, 0.15) is 0 Å². The van der Waals surface area contributed by atoms with Crippen LogP contribution in [-0.4, -0.2) is 20.9 Å². The highest BCUT2D eigenvalue weighted by Gasteiger charge is 2.33. The van der Waals surface area contributed by atoms with E-state index in [1.807, 2.05) is 24.3 Å². The SMILES string of the molecule is O=C(c1cccc(S(=O)(=O)N(Cc2ccccc2)c2cccc(C(F)(F)F)c2)c1)N1CCc2ccccc21. The Hall–Kier alpha value is -4.11. The fourth-order valence-electron chi connectivity index (χ4n) is 4.52. The van der Waals surface area contributed by atoms with Crippen molar-refractivity contribution in [2.24, 2.45) is 0 Å². The van der Waals surface area contributed by atoms with E-state index >= 15 is 0 Å². The Bertz CT molecular complexity index is 1590. The van der Waals surface area contributed by atoms with Gasteiger partial charge >= 0.3 is 6.18 Å². The molecule has 1 aliphatic rings. The molecule has 4 aromatic carbocycles. The Kier molecular flexibility index (Phi) is 6.71. The molecule has 0 fully saturated rings. The largest absolute Gasteiger partial charge is 0.416 e. The number of hydrogen-bond acceptors (Lipinski definition) is 3. The number of benzene rings is 4. The van der Waals surface area contributed by atoms with Crippen LogP contribution in [0.5, 0.6) is 0 Å². The molecule has 1 amide bonds. The van der Waals surface area contributed by atoms with Crippen molar-refractivity contribution in [2.45, 2.75) is 24.0 Å². The number of alkyl halides is 3. The van der Waals surface area contributed by atoms with Gasteiger partial charge in [0.2, 0.25) is 0 Å². The predicted molar refractivity (Wildman–Crippen MR) is 140 cm³/mol. The number of fused-ring (bicyclic) bond motifs is 1. The number of sulfonamides is 1. The monoisotopic (exact) mass is 536 g/mol. The van der Waals surface area contributed by atoms with Gasteiger partial charge in [0.05, 0.1) is 22.7 Å². The summed E-state index contributed by atoms with van der Waals surface area (Å²) in [6.07, 6.45) is -3.95. The first-order chi connectivity index (χ1) is 18.1. The smallest absolute Gasteiger partial charge is 0.308 e. The molecular formula is C29H23F3N2O3S. The van der Waals surface area contributed by atoms with Crippen molar-refractivity contribution in [3.63, 3.8) is 0 Å². The van der Waals surface area contributed by atoms with Crippen molar-refractivity contribution in [1.82, 2.24) is 0 Å². The fraction of sp³-hybridized carbons (Fsp3) is 0.138. The van der Waals surface area contributed by atoms with E-state index in [-0.39, 0.29) is 28.6 Å². The number of anilines is 2. The molecule has 0 atom stereocenters. The molecule has 9 heteroatoms. The van der Waals surface area contributed by atoms with E-state index in [4.69, 9.17) is 0 Å². The third kappa shape index (κ3) is 5.02. The molecule has 5 nitrogen and oxygen atoms in total. The van der Waals surface area contributed by atoms with Gasteiger partial charge in [-0.2, -0.15) is 13.2 Å². The number of rotatable bonds is 6. The maximum Gasteiger partial charge on any atom is 0.416 e. The molecular weight excluding hydrogens is 513 g/mol. The van der Waals surface area contributed by atoms with Crippen molar-refractivity contribution in [3.05, 3.63) is 125 Å². The second kappa shape index (κ2) is 9.98. The molecule has 5 rings (SSSR count). The lowest BCUT2D eigenvalue weighted by Gasteiger charge is -2.26. The zero-order valence-corrected chi connectivity index (χ0v) is 20.9. The highest BCUT2D eigenvalue weighted by Crippen LogP contribution is 2.34. The molecule has 0 saturated heterocycles. The third-order valence-electron chi connectivity index (χ3n) is 6.43. The summed E-state index contributed by atoms with van der Waals surface area (Å²) in [7, 11) is -4.36. The molecule has 0 saturated carbocycles. The van der Waals surface area contributed by atoms with Crippen LogP contribution >= 0.6 is 0 Å². The highest BCUT2D eigenvalue weighted by atomic mass is 32.2. The second-order valence-electron chi connectivity index (χ2n) is 8.91. The molecule has 1 aliphatic heterocycles. The fourth-order valence-corrected chi connectivity index (χ4v) is 6.01. The first kappa shape index (κ1) is 25.5. The number of para-hydroxylation sites is 1. The highest BCUT2D eigenvalue weighted by molar-refractivity contribution is 7.92. The van der Waals surface area contributed by atoms with E-state index in [1.54, 1.807) is 35.2 Å². The topological polar surface area (TPSA) is 57.7 Å². The molecule has 0 aromatic heterocycles. The molecule has 38 heavy (non-hydrogen) atoms. The van der Waals surface area contributed by atoms with Gasteiger partial charge in [0.15, 0.2) is 0 Å². The Morgan fingerprint density at radius 3 is 2.32 bits per heavy atom. The van der Waals surface area contributed by atoms with Crippen LogP contribution in [0.25, 0.3) is 0 Å². The summed E-state index contributed by atoms with van der Waals surface area (Å²) >= 11 is 0. The van der Waals surface area contributed by atoms with Crippen molar-refractivity contribution in [3.8, 4) is 0 Å². The Morgan fingerprint density at radius 1 is 0.842 bits per heavy atom. The molecule has 4 aromatic rings. The minimum atomic E-state index is -4.64. The Balaban J connectivity index is 1.54. The van der Waals surface area contributed by atoms with Gasteiger partial charge in [-0.05, 0) is 60.0 Å². The maximum absolute atomic E-state index is 13.9. The normalized spacial score (nSPS) is 13.3. The molecule has 1 heterocycles. The first-order valence-corrected chi connectivity index (χ1v) is 13.3. The lowest BCUT2D eigenvalue weighted by atomic mass is 10.1. The van der Waals surface area contributed by atoms with Gasteiger partial charge in [0.25, 0.3) is 15.9 Å². The van der Waals surface area contributed by atoms with E-state index in [2.05, 4.69) is 0 Å². The van der Waals surface area contributed by atoms with Crippen molar-refractivity contribution in [1.29, 1.82) is 0 Å². The quantitative estimate of drug-likeness (QED) is 0.291. The standard InChI is InChI=1S/C29H23F3N2O3S/c30-29(31,32)24-12-7-13-25(19-24)34(20-21-8-2-1-3-9-21)38(36,37)26-14-6-11-23(18-26)28(35)33-17-16-22-10-4-5-15-27(22)33/h1-15,18-19H,16-17,20H2. The summed E-state index contributed by atoms with van der Waals surface area (Å²) in [5, 5.41) is 0. The summed E-state index contributed by atoms with van der Waals surface area (Å²) in [5.41, 5.74) is 1.48. The van der Waals surface area contributed by atoms with Crippen LogP contribution in [0.2, 0.25) is 0 Å². The van der Waals surface area contributed by atoms with Crippen LogP contribution in [0.4, 0.5) is 24.5 Å². The number of carbonyl (C=O) groups excluding carboxylic acids is 1. The van der Waals surface area contributed by atoms with Gasteiger partial charge < -0.3 is 4.90 Å². The Morgan fingerprint density at radius 2 is 1.55 bits per heavy atom. The maximum atomic E-state index is 13.9. The summed E-state index contributed by atoms with van der Waals surface area (Å²) in [6.45, 7) is 0.279. The lowest BCUT2D eigenvalue weighted by Crippen LogP contribution is -2.32. The summed E-state index contributed by atoms with van der Waals surface area (Å²) in [5.74, 6) is -0.347. The molecule has 0 N–H and O–H groups in total. The van der Waals surface area contributed by atoms with Gasteiger partial charge in [-0.3, -0.25) is 9.10 Å². The molecule has 0 aliphatic carbocycles. The molecule has 0 unspecified atom stereocenters. The van der Waals surface area contributed by atoms with Crippen molar-refractivity contribution >= 4 is 27.3 Å². The molecule has 194 valence electrons. The van der Waals surface area contributed by atoms with E-state index in [1.165, 1.54) is 36.4 Å². The first-order valence-electron chi connectivity index (χ1n) is 11.9. The zero-order valence-electron chi connectivity index (χ0n) is 20.1. The molecule has 0 bridgehead atoms. The second-order valence-corrected chi connectivity index (χ2v) is 10.8. The summed E-state index contributed by atoms with van der Waals surface area (Å²) in [4.78, 5) is 14.8. The van der Waals surface area contributed by atoms with Gasteiger partial charge in [-0.25, -0.2) is 8.42 Å². The minimum Gasteiger partial charge on any atom is -0.308 e. The van der Waals surface area contributed by atoms with E-state index in [9.17, 15) is 26.4 Å². The van der Waals surface area contributed by atoms with Gasteiger partial charge in [0, 0.05) is 17.8 Å². The van der Waals surface area contributed by atoms with Crippen molar-refractivity contribution < 1.29 is 26.4 Å². The number of halogens is 3. The number of hydrogen-bond donors (Lipinski definition) is 0. The third-order valence-corrected chi connectivity index (χ3v) is 8.20. The lowest BCUT2D eigenvalue weighted by molar-refractivity contribution is -0.137. The molecule has 0 spiro atoms. The predicted octanol–water partition coefficient (Wildman–Crippen LogP) is 6.30. The van der Waals surface area contributed by atoms with Crippen LogP contribution in [0.3, 0.4) is 0 Å². The summed E-state index contributed by atoms with van der Waals surface area (Å²) in [6, 6.07) is 26.0. The number of amides is 1. The summed E-state index contributed by atoms with van der Waals surface area (Å²) < 4.78 is 69.2. The average molecular weight is 537 g/mol. The van der Waals surface area contributed by atoms with E-state index in [0.29, 0.717) is 18.5 Å². The van der Waals surface area contributed by atoms with E-state index in [0.717, 1.165) is 27.7 Å².